The highest BCUT2D eigenvalue weighted by molar-refractivity contribution is 7.80. The molecular weight excluding hydrogens is 446 g/mol. The van der Waals surface area contributed by atoms with Crippen molar-refractivity contribution in [1.82, 2.24) is 10.2 Å². The van der Waals surface area contributed by atoms with E-state index in [0.29, 0.717) is 28.5 Å². The molecule has 6 nitrogen and oxygen atoms in total. The molecule has 1 heterocycles. The monoisotopic (exact) mass is 479 g/mol. The number of rotatable bonds is 9. The first-order valence-corrected chi connectivity index (χ1v) is 12.2. The zero-order chi connectivity index (χ0) is 24.7. The van der Waals surface area contributed by atoms with Crippen molar-refractivity contribution in [3.63, 3.8) is 0 Å². The lowest BCUT2D eigenvalue weighted by Gasteiger charge is -2.35. The zero-order valence-electron chi connectivity index (χ0n) is 20.3. The van der Waals surface area contributed by atoms with E-state index in [2.05, 4.69) is 17.6 Å². The number of thiocarbonyl (C=S) groups is 1. The smallest absolute Gasteiger partial charge is 0.338 e. The molecule has 0 spiro atoms. The van der Waals surface area contributed by atoms with Crippen molar-refractivity contribution in [2.45, 2.75) is 52.5 Å². The van der Waals surface area contributed by atoms with E-state index in [4.69, 9.17) is 17.0 Å². The molecule has 1 aliphatic rings. The number of nitrogens with one attached hydrogen (secondary N) is 2. The summed E-state index contributed by atoms with van der Waals surface area (Å²) in [5.74, 6) is -0.531. The average Bonchev–Trinajstić information content (AvgIpc) is 2.83. The predicted molar refractivity (Wildman–Crippen MR) is 140 cm³/mol. The fourth-order valence-corrected chi connectivity index (χ4v) is 4.18. The first kappa shape index (κ1) is 25.4. The normalized spacial score (nSPS) is 15.7. The summed E-state index contributed by atoms with van der Waals surface area (Å²) >= 11 is 5.43. The van der Waals surface area contributed by atoms with Crippen molar-refractivity contribution in [2.24, 2.45) is 0 Å². The van der Waals surface area contributed by atoms with Gasteiger partial charge in [0.1, 0.15) is 0 Å². The number of benzene rings is 2. The Bertz CT molecular complexity index is 1060. The number of ether oxygens (including phenoxy) is 1. The number of esters is 1. The summed E-state index contributed by atoms with van der Waals surface area (Å²) < 4.78 is 5.28. The Morgan fingerprint density at radius 1 is 1.06 bits per heavy atom. The van der Waals surface area contributed by atoms with Crippen LogP contribution in [0.5, 0.6) is 0 Å². The first-order chi connectivity index (χ1) is 16.3. The topological polar surface area (TPSA) is 70.7 Å². The van der Waals surface area contributed by atoms with E-state index in [0.717, 1.165) is 24.1 Å². The molecule has 34 heavy (non-hydrogen) atoms. The fourth-order valence-electron chi connectivity index (χ4n) is 3.92. The van der Waals surface area contributed by atoms with Gasteiger partial charge in [0.25, 0.3) is 5.91 Å². The van der Waals surface area contributed by atoms with Crippen LogP contribution in [0.3, 0.4) is 0 Å². The summed E-state index contributed by atoms with van der Waals surface area (Å²) in [6.07, 6.45) is 4.61. The number of anilines is 1. The minimum atomic E-state index is -0.423. The van der Waals surface area contributed by atoms with Gasteiger partial charge in [-0.15, -0.1) is 0 Å². The van der Waals surface area contributed by atoms with Crippen LogP contribution >= 0.6 is 12.2 Å². The Hall–Kier alpha value is -3.19. The summed E-state index contributed by atoms with van der Waals surface area (Å²) in [5.41, 5.74) is 4.67. The molecule has 2 N–H and O–H groups in total. The van der Waals surface area contributed by atoms with Crippen LogP contribution in [0.2, 0.25) is 0 Å². The third-order valence-electron chi connectivity index (χ3n) is 6.04. The van der Waals surface area contributed by atoms with Gasteiger partial charge in [0.2, 0.25) is 0 Å². The van der Waals surface area contributed by atoms with E-state index >= 15 is 0 Å². The Morgan fingerprint density at radius 3 is 2.35 bits per heavy atom. The van der Waals surface area contributed by atoms with Gasteiger partial charge in [0.15, 0.2) is 5.11 Å². The van der Waals surface area contributed by atoms with Crippen molar-refractivity contribution in [2.75, 3.05) is 19.0 Å². The number of aryl methyl sites for hydroxylation is 1. The summed E-state index contributed by atoms with van der Waals surface area (Å²) in [6.45, 7) is 6.12. The lowest BCUT2D eigenvalue weighted by molar-refractivity contribution is -0.139. The summed E-state index contributed by atoms with van der Waals surface area (Å²) in [6, 6.07) is 14.8. The van der Waals surface area contributed by atoms with E-state index in [1.807, 2.05) is 62.5 Å². The Kier molecular flexibility index (Phi) is 8.82. The van der Waals surface area contributed by atoms with Gasteiger partial charge in [-0.2, -0.15) is 0 Å². The molecule has 3 rings (SSSR count). The van der Waals surface area contributed by atoms with Gasteiger partial charge in [0, 0.05) is 24.0 Å². The lowest BCUT2D eigenvalue weighted by Crippen LogP contribution is -2.46. The first-order valence-electron chi connectivity index (χ1n) is 11.8. The third-order valence-corrected chi connectivity index (χ3v) is 6.43. The molecule has 180 valence electrons. The molecule has 1 atom stereocenters. The van der Waals surface area contributed by atoms with Gasteiger partial charge in [0.05, 0.1) is 18.2 Å². The molecular formula is C27H33N3O3S. The maximum Gasteiger partial charge on any atom is 0.338 e. The highest BCUT2D eigenvalue weighted by Crippen LogP contribution is 2.31. The maximum absolute atomic E-state index is 12.7. The maximum atomic E-state index is 12.7. The highest BCUT2D eigenvalue weighted by Gasteiger charge is 2.33. The highest BCUT2D eigenvalue weighted by atomic mass is 32.1. The summed E-state index contributed by atoms with van der Waals surface area (Å²) in [4.78, 5) is 27.1. The molecule has 1 aliphatic heterocycles. The standard InChI is InChI=1S/C27H33N3O3S/c1-5-7-8-9-19-10-12-21(13-11-19)25(31)28-22-16-14-20(15-17-22)24-23(26(32)33-6-2)18(3)30(4)27(34)29-24/h10-17,24H,5-9H2,1-4H3,(H,28,31)(H,29,34). The van der Waals surface area contributed by atoms with Gasteiger partial charge in [-0.25, -0.2) is 4.79 Å². The predicted octanol–water partition coefficient (Wildman–Crippen LogP) is 5.37. The largest absolute Gasteiger partial charge is 0.463 e. The zero-order valence-corrected chi connectivity index (χ0v) is 21.1. The minimum absolute atomic E-state index is 0.158. The molecule has 7 heteroatoms. The van der Waals surface area contributed by atoms with Gasteiger partial charge in [-0.3, -0.25) is 4.79 Å². The van der Waals surface area contributed by atoms with E-state index in [1.165, 1.54) is 18.4 Å². The molecule has 0 aromatic heterocycles. The molecule has 0 saturated heterocycles. The quantitative estimate of drug-likeness (QED) is 0.286. The number of carbonyl (C=O) groups is 2. The van der Waals surface area contributed by atoms with Crippen molar-refractivity contribution < 1.29 is 14.3 Å². The second-order valence-electron chi connectivity index (χ2n) is 8.39. The van der Waals surface area contributed by atoms with Crippen LogP contribution in [0.25, 0.3) is 0 Å². The van der Waals surface area contributed by atoms with Gasteiger partial charge >= 0.3 is 5.97 Å². The summed E-state index contributed by atoms with van der Waals surface area (Å²) in [7, 11) is 1.82. The van der Waals surface area contributed by atoms with Gasteiger partial charge in [-0.05, 0) is 74.3 Å². The molecule has 0 bridgehead atoms. The van der Waals surface area contributed by atoms with Gasteiger partial charge in [-0.1, -0.05) is 44.0 Å². The summed E-state index contributed by atoms with van der Waals surface area (Å²) in [5, 5.41) is 6.70. The third kappa shape index (κ3) is 6.03. The molecule has 0 fully saturated rings. The number of hydrogen-bond donors (Lipinski definition) is 2. The van der Waals surface area contributed by atoms with E-state index < -0.39 is 6.04 Å². The second kappa shape index (κ2) is 11.8. The van der Waals surface area contributed by atoms with Crippen molar-refractivity contribution in [3.8, 4) is 0 Å². The number of allylic oxidation sites excluding steroid dienone is 1. The van der Waals surface area contributed by atoms with Crippen LogP contribution in [0, 0.1) is 0 Å². The molecule has 0 aliphatic carbocycles. The Labute approximate surface area is 207 Å². The van der Waals surface area contributed by atoms with Crippen LogP contribution in [-0.2, 0) is 16.0 Å². The number of unbranched alkanes of at least 4 members (excludes halogenated alkanes) is 2. The van der Waals surface area contributed by atoms with Crippen LogP contribution in [0.15, 0.2) is 59.8 Å². The Morgan fingerprint density at radius 2 is 1.74 bits per heavy atom. The number of carbonyl (C=O) groups excluding carboxylic acids is 2. The van der Waals surface area contributed by atoms with Crippen LogP contribution in [-0.4, -0.2) is 35.5 Å². The SMILES string of the molecule is CCCCCc1ccc(C(=O)Nc2ccc(C3NC(=S)N(C)C(C)=C3C(=O)OCC)cc2)cc1. The van der Waals surface area contributed by atoms with E-state index in [-0.39, 0.29) is 11.9 Å². The number of amides is 1. The Balaban J connectivity index is 1.72. The van der Waals surface area contributed by atoms with E-state index in [9.17, 15) is 9.59 Å². The van der Waals surface area contributed by atoms with Crippen molar-refractivity contribution >= 4 is 34.9 Å². The van der Waals surface area contributed by atoms with Crippen molar-refractivity contribution in [3.05, 3.63) is 76.5 Å². The van der Waals surface area contributed by atoms with Gasteiger partial charge < -0.3 is 20.3 Å². The number of nitrogens with zero attached hydrogens (tertiary/aromatic N) is 1. The molecule has 2 aromatic carbocycles. The molecule has 1 amide bonds. The molecule has 0 radical (unpaired) electrons. The fraction of sp³-hybridized carbons (Fsp3) is 0.370. The second-order valence-corrected chi connectivity index (χ2v) is 8.78. The molecule has 2 aromatic rings. The number of hydrogen-bond acceptors (Lipinski definition) is 4. The average molecular weight is 480 g/mol. The van der Waals surface area contributed by atoms with Crippen molar-refractivity contribution in [1.29, 1.82) is 0 Å². The minimum Gasteiger partial charge on any atom is -0.463 e. The van der Waals surface area contributed by atoms with Crippen LogP contribution in [0.1, 0.15) is 67.6 Å². The van der Waals surface area contributed by atoms with Crippen LogP contribution < -0.4 is 10.6 Å². The molecule has 0 saturated carbocycles. The van der Waals surface area contributed by atoms with Crippen LogP contribution in [0.4, 0.5) is 5.69 Å². The molecule has 1 unspecified atom stereocenters. The van der Waals surface area contributed by atoms with E-state index in [1.54, 1.807) is 11.8 Å². The lowest BCUT2D eigenvalue weighted by atomic mass is 9.95.